The Labute approximate surface area is 151 Å². The molecule has 1 aliphatic rings. The van der Waals surface area contributed by atoms with Crippen molar-refractivity contribution in [3.05, 3.63) is 33.8 Å². The van der Waals surface area contributed by atoms with Gasteiger partial charge in [-0.05, 0) is 51.3 Å². The van der Waals surface area contributed by atoms with Crippen molar-refractivity contribution in [3.8, 4) is 0 Å². The predicted molar refractivity (Wildman–Crippen MR) is 92.7 cm³/mol. The van der Waals surface area contributed by atoms with Crippen molar-refractivity contribution in [2.45, 2.75) is 51.2 Å². The van der Waals surface area contributed by atoms with Crippen LogP contribution in [0.2, 0.25) is 10.0 Å². The molecule has 1 amide bonds. The van der Waals surface area contributed by atoms with Gasteiger partial charge in [0, 0.05) is 13.0 Å². The summed E-state index contributed by atoms with van der Waals surface area (Å²) in [6.07, 6.45) is 0.509. The fraction of sp³-hybridized carbons (Fsp3) is 0.529. The molecule has 1 saturated heterocycles. The van der Waals surface area contributed by atoms with Gasteiger partial charge in [0.2, 0.25) is 0 Å². The highest BCUT2D eigenvalue weighted by molar-refractivity contribution is 6.42. The smallest absolute Gasteiger partial charge is 0.411 e. The summed E-state index contributed by atoms with van der Waals surface area (Å²) in [6.45, 7) is 5.61. The lowest BCUT2D eigenvalue weighted by Gasteiger charge is -2.36. The van der Waals surface area contributed by atoms with Crippen LogP contribution in [0.1, 0.15) is 39.2 Å². The second-order valence-corrected chi connectivity index (χ2v) is 7.81. The van der Waals surface area contributed by atoms with Crippen LogP contribution in [-0.2, 0) is 16.0 Å². The maximum Gasteiger partial charge on any atom is 0.411 e. The van der Waals surface area contributed by atoms with Gasteiger partial charge in [0.15, 0.2) is 0 Å². The highest BCUT2D eigenvalue weighted by atomic mass is 35.5. The van der Waals surface area contributed by atoms with E-state index in [0.717, 1.165) is 0 Å². The van der Waals surface area contributed by atoms with E-state index in [4.69, 9.17) is 27.9 Å². The number of carbonyl (C=O) groups is 2. The molecule has 1 aromatic rings. The van der Waals surface area contributed by atoms with Crippen LogP contribution < -0.4 is 0 Å². The zero-order chi connectivity index (χ0) is 18.1. The summed E-state index contributed by atoms with van der Waals surface area (Å²) >= 11 is 11.9. The first-order valence-corrected chi connectivity index (χ1v) is 8.49. The van der Waals surface area contributed by atoms with Crippen molar-refractivity contribution in [3.63, 3.8) is 0 Å². The van der Waals surface area contributed by atoms with Crippen LogP contribution in [0.15, 0.2) is 18.2 Å². The minimum Gasteiger partial charge on any atom is -0.479 e. The summed E-state index contributed by atoms with van der Waals surface area (Å²) < 4.78 is 5.38. The first kappa shape index (κ1) is 18.9. The van der Waals surface area contributed by atoms with E-state index in [1.807, 2.05) is 0 Å². The lowest BCUT2D eigenvalue weighted by Crippen LogP contribution is -2.55. The quantitative estimate of drug-likeness (QED) is 0.852. The number of amides is 1. The van der Waals surface area contributed by atoms with E-state index in [-0.39, 0.29) is 6.42 Å². The molecule has 132 valence electrons. The van der Waals surface area contributed by atoms with Crippen LogP contribution in [-0.4, -0.2) is 39.8 Å². The molecular weight excluding hydrogens is 353 g/mol. The van der Waals surface area contributed by atoms with Crippen LogP contribution in [0.5, 0.6) is 0 Å². The molecule has 1 fully saturated rings. The van der Waals surface area contributed by atoms with E-state index in [0.29, 0.717) is 35.0 Å². The Morgan fingerprint density at radius 2 is 1.96 bits per heavy atom. The molecule has 2 rings (SSSR count). The molecule has 5 nitrogen and oxygen atoms in total. The molecule has 1 heterocycles. The molecule has 0 radical (unpaired) electrons. The standard InChI is InChI=1S/C17H21Cl2NO4/c1-16(2,3)24-15(23)20-8-4-7-17(20,14(21)22)10-11-5-6-12(18)13(19)9-11/h5-6,9H,4,7-8,10H2,1-3H3,(H,21,22)/t17-/m1/s1. The number of rotatable bonds is 3. The zero-order valence-electron chi connectivity index (χ0n) is 13.9. The Hall–Kier alpha value is -1.46. The van der Waals surface area contributed by atoms with Crippen molar-refractivity contribution >= 4 is 35.3 Å². The minimum absolute atomic E-state index is 0.151. The Bertz CT molecular complexity index is 656. The summed E-state index contributed by atoms with van der Waals surface area (Å²) in [5, 5.41) is 10.6. The molecule has 1 aromatic carbocycles. The number of nitrogens with zero attached hydrogens (tertiary/aromatic N) is 1. The van der Waals surface area contributed by atoms with Gasteiger partial charge < -0.3 is 9.84 Å². The molecule has 24 heavy (non-hydrogen) atoms. The minimum atomic E-state index is -1.33. The van der Waals surface area contributed by atoms with Crippen molar-refractivity contribution in [2.24, 2.45) is 0 Å². The molecule has 1 aliphatic heterocycles. The highest BCUT2D eigenvalue weighted by Crippen LogP contribution is 2.35. The van der Waals surface area contributed by atoms with Gasteiger partial charge in [0.05, 0.1) is 10.0 Å². The van der Waals surface area contributed by atoms with E-state index in [2.05, 4.69) is 0 Å². The number of ether oxygens (including phenoxy) is 1. The topological polar surface area (TPSA) is 66.8 Å². The second-order valence-electron chi connectivity index (χ2n) is 7.00. The summed E-state index contributed by atoms with van der Waals surface area (Å²) in [6, 6.07) is 4.99. The first-order valence-electron chi connectivity index (χ1n) is 7.73. The lowest BCUT2D eigenvalue weighted by molar-refractivity contribution is -0.149. The summed E-state index contributed by atoms with van der Waals surface area (Å²) in [5.41, 5.74) is -1.31. The van der Waals surface area contributed by atoms with Crippen LogP contribution in [0.25, 0.3) is 0 Å². The normalized spacial score (nSPS) is 21.0. The fourth-order valence-corrected chi connectivity index (χ4v) is 3.25. The van der Waals surface area contributed by atoms with E-state index in [9.17, 15) is 14.7 Å². The van der Waals surface area contributed by atoms with Crippen LogP contribution in [0.3, 0.4) is 0 Å². The summed E-state index contributed by atoms with van der Waals surface area (Å²) in [4.78, 5) is 25.9. The average Bonchev–Trinajstić information content (AvgIpc) is 2.86. The maximum atomic E-state index is 12.5. The number of hydrogen-bond acceptors (Lipinski definition) is 3. The lowest BCUT2D eigenvalue weighted by atomic mass is 9.88. The van der Waals surface area contributed by atoms with E-state index in [1.165, 1.54) is 4.90 Å². The number of likely N-dealkylation sites (tertiary alicyclic amines) is 1. The Morgan fingerprint density at radius 3 is 2.50 bits per heavy atom. The number of aliphatic carboxylic acids is 1. The van der Waals surface area contributed by atoms with Gasteiger partial charge in [-0.1, -0.05) is 29.3 Å². The summed E-state index contributed by atoms with van der Waals surface area (Å²) in [7, 11) is 0. The number of hydrogen-bond donors (Lipinski definition) is 1. The monoisotopic (exact) mass is 373 g/mol. The van der Waals surface area contributed by atoms with E-state index < -0.39 is 23.2 Å². The molecule has 7 heteroatoms. The number of carbonyl (C=O) groups excluding carboxylic acids is 1. The third-order valence-corrected chi connectivity index (χ3v) is 4.72. The van der Waals surface area contributed by atoms with Crippen molar-refractivity contribution in [1.82, 2.24) is 4.90 Å². The molecular formula is C17H21Cl2NO4. The third-order valence-electron chi connectivity index (χ3n) is 3.98. The molecule has 0 aliphatic carbocycles. The van der Waals surface area contributed by atoms with Gasteiger partial charge in [-0.15, -0.1) is 0 Å². The van der Waals surface area contributed by atoms with Gasteiger partial charge in [-0.2, -0.15) is 0 Å². The molecule has 0 saturated carbocycles. The average molecular weight is 374 g/mol. The highest BCUT2D eigenvalue weighted by Gasteiger charge is 2.51. The molecule has 0 unspecified atom stereocenters. The number of benzene rings is 1. The summed E-state index contributed by atoms with van der Waals surface area (Å²) in [5.74, 6) is -1.04. The predicted octanol–water partition coefficient (Wildman–Crippen LogP) is 4.39. The molecule has 1 N–H and O–H groups in total. The fourth-order valence-electron chi connectivity index (χ4n) is 2.93. The van der Waals surface area contributed by atoms with Crippen molar-refractivity contribution in [2.75, 3.05) is 6.54 Å². The van der Waals surface area contributed by atoms with Gasteiger partial charge >= 0.3 is 12.1 Å². The Balaban J connectivity index is 2.33. The Morgan fingerprint density at radius 1 is 1.29 bits per heavy atom. The zero-order valence-corrected chi connectivity index (χ0v) is 15.4. The number of halogens is 2. The van der Waals surface area contributed by atoms with Gasteiger partial charge in [-0.25, -0.2) is 9.59 Å². The first-order chi connectivity index (χ1) is 11.0. The number of carboxylic acid groups (broad SMARTS) is 1. The molecule has 0 bridgehead atoms. The SMILES string of the molecule is CC(C)(C)OC(=O)N1CCC[C@@]1(Cc1ccc(Cl)c(Cl)c1)C(=O)O. The maximum absolute atomic E-state index is 12.5. The van der Waals surface area contributed by atoms with Crippen LogP contribution >= 0.6 is 23.2 Å². The largest absolute Gasteiger partial charge is 0.479 e. The second kappa shape index (κ2) is 6.81. The molecule has 0 spiro atoms. The Kier molecular flexibility index (Phi) is 5.35. The van der Waals surface area contributed by atoms with E-state index >= 15 is 0 Å². The van der Waals surface area contributed by atoms with E-state index in [1.54, 1.807) is 39.0 Å². The van der Waals surface area contributed by atoms with Crippen LogP contribution in [0, 0.1) is 0 Å². The molecule has 1 atom stereocenters. The van der Waals surface area contributed by atoms with Crippen molar-refractivity contribution in [1.29, 1.82) is 0 Å². The van der Waals surface area contributed by atoms with Gasteiger partial charge in [0.1, 0.15) is 11.1 Å². The number of carboxylic acids is 1. The van der Waals surface area contributed by atoms with Crippen LogP contribution in [0.4, 0.5) is 4.79 Å². The van der Waals surface area contributed by atoms with Crippen molar-refractivity contribution < 1.29 is 19.4 Å². The molecule has 0 aromatic heterocycles. The van der Waals surface area contributed by atoms with Gasteiger partial charge in [-0.3, -0.25) is 4.90 Å². The third kappa shape index (κ3) is 3.95. The van der Waals surface area contributed by atoms with Gasteiger partial charge in [0.25, 0.3) is 0 Å².